The Hall–Kier alpha value is -1.78. The van der Waals surface area contributed by atoms with Gasteiger partial charge >= 0.3 is 0 Å². The zero-order valence-electron chi connectivity index (χ0n) is 10.4. The van der Waals surface area contributed by atoms with Gasteiger partial charge in [0.25, 0.3) is 5.69 Å². The lowest BCUT2D eigenvalue weighted by Gasteiger charge is -2.11. The summed E-state index contributed by atoms with van der Waals surface area (Å²) in [7, 11) is 0. The van der Waals surface area contributed by atoms with Crippen LogP contribution in [-0.4, -0.2) is 4.92 Å². The summed E-state index contributed by atoms with van der Waals surface area (Å²) in [5, 5.41) is 11.3. The van der Waals surface area contributed by atoms with E-state index in [4.69, 9.17) is 27.9 Å². The van der Waals surface area contributed by atoms with E-state index in [2.05, 4.69) is 0 Å². The van der Waals surface area contributed by atoms with E-state index in [0.717, 1.165) is 5.56 Å². The second kappa shape index (κ2) is 6.59. The number of alkyl halides is 1. The Kier molecular flexibility index (Phi) is 4.82. The molecule has 0 aromatic heterocycles. The molecule has 104 valence electrons. The number of nitro benzene ring substituents is 1. The first-order chi connectivity index (χ1) is 9.63. The van der Waals surface area contributed by atoms with Crippen molar-refractivity contribution < 1.29 is 9.66 Å². The molecule has 2 aromatic rings. The maximum absolute atomic E-state index is 11.0. The van der Waals surface area contributed by atoms with Gasteiger partial charge in [-0.15, -0.1) is 11.6 Å². The molecular formula is C14H11Cl2NO3. The minimum Gasteiger partial charge on any atom is -0.488 e. The maximum atomic E-state index is 11.0. The van der Waals surface area contributed by atoms with E-state index in [0.29, 0.717) is 22.2 Å². The quantitative estimate of drug-likeness (QED) is 0.462. The molecule has 0 saturated carbocycles. The maximum Gasteiger partial charge on any atom is 0.277 e. The standard InChI is InChI=1S/C14H11Cl2NO3/c15-8-10-4-1-2-7-14(10)20-9-11-12(16)5-3-6-13(11)17(18)19/h1-7H,8-9H2. The van der Waals surface area contributed by atoms with Crippen LogP contribution >= 0.6 is 23.2 Å². The van der Waals surface area contributed by atoms with Crippen molar-refractivity contribution in [2.24, 2.45) is 0 Å². The van der Waals surface area contributed by atoms with E-state index < -0.39 is 4.92 Å². The molecule has 0 bridgehead atoms. The number of halogens is 2. The number of ether oxygens (including phenoxy) is 1. The fourth-order valence-electron chi connectivity index (χ4n) is 1.77. The number of para-hydroxylation sites is 1. The van der Waals surface area contributed by atoms with Crippen LogP contribution in [0.3, 0.4) is 0 Å². The Balaban J connectivity index is 2.25. The van der Waals surface area contributed by atoms with Crippen LogP contribution in [0, 0.1) is 10.1 Å². The predicted molar refractivity (Wildman–Crippen MR) is 78.4 cm³/mol. The topological polar surface area (TPSA) is 52.4 Å². The van der Waals surface area contributed by atoms with Crippen molar-refractivity contribution in [1.82, 2.24) is 0 Å². The van der Waals surface area contributed by atoms with E-state index in [1.165, 1.54) is 12.1 Å². The van der Waals surface area contributed by atoms with Gasteiger partial charge in [-0.05, 0) is 12.1 Å². The minimum atomic E-state index is -0.474. The van der Waals surface area contributed by atoms with Crippen molar-refractivity contribution in [3.05, 3.63) is 68.7 Å². The van der Waals surface area contributed by atoms with E-state index >= 15 is 0 Å². The van der Waals surface area contributed by atoms with Crippen LogP contribution in [0.5, 0.6) is 5.75 Å². The lowest BCUT2D eigenvalue weighted by Crippen LogP contribution is -2.02. The first-order valence-electron chi connectivity index (χ1n) is 5.82. The van der Waals surface area contributed by atoms with Crippen LogP contribution in [0.4, 0.5) is 5.69 Å². The molecule has 0 heterocycles. The third-order valence-corrected chi connectivity index (χ3v) is 3.42. The summed E-state index contributed by atoms with van der Waals surface area (Å²) < 4.78 is 5.61. The Morgan fingerprint density at radius 1 is 1.15 bits per heavy atom. The summed E-state index contributed by atoms with van der Waals surface area (Å²) in [5.41, 5.74) is 1.12. The lowest BCUT2D eigenvalue weighted by molar-refractivity contribution is -0.385. The molecule has 0 unspecified atom stereocenters. The molecule has 2 aromatic carbocycles. The molecule has 0 amide bonds. The fourth-order valence-corrected chi connectivity index (χ4v) is 2.21. The van der Waals surface area contributed by atoms with E-state index in [1.807, 2.05) is 18.2 Å². The minimum absolute atomic E-state index is 0.0177. The van der Waals surface area contributed by atoms with Gasteiger partial charge < -0.3 is 4.74 Å². The highest BCUT2D eigenvalue weighted by Gasteiger charge is 2.17. The zero-order chi connectivity index (χ0) is 14.5. The molecule has 0 spiro atoms. The fraction of sp³-hybridized carbons (Fsp3) is 0.143. The highest BCUT2D eigenvalue weighted by Crippen LogP contribution is 2.28. The molecule has 6 heteroatoms. The average molecular weight is 312 g/mol. The lowest BCUT2D eigenvalue weighted by atomic mass is 10.2. The Morgan fingerprint density at radius 2 is 1.90 bits per heavy atom. The van der Waals surface area contributed by atoms with Gasteiger partial charge in [-0.2, -0.15) is 0 Å². The predicted octanol–water partition coefficient (Wildman–Crippen LogP) is 4.57. The summed E-state index contributed by atoms with van der Waals surface area (Å²) in [6.07, 6.45) is 0. The zero-order valence-corrected chi connectivity index (χ0v) is 11.9. The van der Waals surface area contributed by atoms with Gasteiger partial charge in [-0.1, -0.05) is 35.9 Å². The molecule has 20 heavy (non-hydrogen) atoms. The molecule has 0 saturated heterocycles. The van der Waals surface area contributed by atoms with Crippen molar-refractivity contribution in [2.75, 3.05) is 0 Å². The summed E-state index contributed by atoms with van der Waals surface area (Å²) in [6.45, 7) is 0.0177. The molecule has 0 N–H and O–H groups in total. The number of nitrogens with zero attached hydrogens (tertiary/aromatic N) is 1. The molecule has 2 rings (SSSR count). The van der Waals surface area contributed by atoms with Crippen LogP contribution in [0.1, 0.15) is 11.1 Å². The molecule has 0 aliphatic heterocycles. The van der Waals surface area contributed by atoms with Gasteiger partial charge in [0, 0.05) is 11.6 Å². The number of rotatable bonds is 5. The van der Waals surface area contributed by atoms with Crippen LogP contribution in [-0.2, 0) is 12.5 Å². The highest BCUT2D eigenvalue weighted by atomic mass is 35.5. The molecule has 0 radical (unpaired) electrons. The highest BCUT2D eigenvalue weighted by molar-refractivity contribution is 6.31. The van der Waals surface area contributed by atoms with Gasteiger partial charge in [-0.3, -0.25) is 10.1 Å². The second-order valence-corrected chi connectivity index (χ2v) is 4.70. The van der Waals surface area contributed by atoms with Gasteiger partial charge in [0.15, 0.2) is 0 Å². The summed E-state index contributed by atoms with van der Waals surface area (Å²) in [5.74, 6) is 0.901. The smallest absolute Gasteiger partial charge is 0.277 e. The number of hydrogen-bond acceptors (Lipinski definition) is 3. The van der Waals surface area contributed by atoms with Gasteiger partial charge in [0.2, 0.25) is 0 Å². The van der Waals surface area contributed by atoms with Crippen molar-refractivity contribution in [1.29, 1.82) is 0 Å². The molecule has 4 nitrogen and oxygen atoms in total. The van der Waals surface area contributed by atoms with Crippen molar-refractivity contribution in [3.63, 3.8) is 0 Å². The Morgan fingerprint density at radius 3 is 2.60 bits per heavy atom. The Bertz CT molecular complexity index is 632. The molecule has 0 aliphatic rings. The second-order valence-electron chi connectivity index (χ2n) is 4.02. The first kappa shape index (κ1) is 14.6. The van der Waals surface area contributed by atoms with Gasteiger partial charge in [0.05, 0.1) is 21.4 Å². The van der Waals surface area contributed by atoms with Gasteiger partial charge in [-0.25, -0.2) is 0 Å². The number of hydrogen-bond donors (Lipinski definition) is 0. The van der Waals surface area contributed by atoms with Crippen LogP contribution < -0.4 is 4.74 Å². The van der Waals surface area contributed by atoms with Crippen LogP contribution in [0.2, 0.25) is 5.02 Å². The van der Waals surface area contributed by atoms with Crippen molar-refractivity contribution in [3.8, 4) is 5.75 Å². The molecule has 0 atom stereocenters. The third kappa shape index (κ3) is 3.21. The van der Waals surface area contributed by atoms with Crippen molar-refractivity contribution >= 4 is 28.9 Å². The largest absolute Gasteiger partial charge is 0.488 e. The SMILES string of the molecule is O=[N+]([O-])c1cccc(Cl)c1COc1ccccc1CCl. The monoisotopic (exact) mass is 311 g/mol. The summed E-state index contributed by atoms with van der Waals surface area (Å²) in [4.78, 5) is 10.5. The van der Waals surface area contributed by atoms with Crippen LogP contribution in [0.25, 0.3) is 0 Å². The average Bonchev–Trinajstić information content (AvgIpc) is 2.46. The first-order valence-corrected chi connectivity index (χ1v) is 6.73. The summed E-state index contributed by atoms with van der Waals surface area (Å²) in [6, 6.07) is 11.8. The molecule has 0 fully saturated rings. The van der Waals surface area contributed by atoms with E-state index in [1.54, 1.807) is 12.1 Å². The number of nitro groups is 1. The molecule has 0 aliphatic carbocycles. The van der Waals surface area contributed by atoms with Gasteiger partial charge in [0.1, 0.15) is 12.4 Å². The Labute approximate surface area is 126 Å². The van der Waals surface area contributed by atoms with Crippen molar-refractivity contribution in [2.45, 2.75) is 12.5 Å². The third-order valence-electron chi connectivity index (χ3n) is 2.78. The number of benzene rings is 2. The summed E-state index contributed by atoms with van der Waals surface area (Å²) >= 11 is 11.8. The molecular weight excluding hydrogens is 301 g/mol. The normalized spacial score (nSPS) is 10.3. The van der Waals surface area contributed by atoms with E-state index in [9.17, 15) is 10.1 Å². The van der Waals surface area contributed by atoms with Crippen LogP contribution in [0.15, 0.2) is 42.5 Å². The van der Waals surface area contributed by atoms with E-state index in [-0.39, 0.29) is 12.3 Å².